The standard InChI is InChI=1S/C18H17BO2/c1-13-9-10-17-14(11-13)6-4-7-15(17)12-16-5-2-3-8-18(16)19(20)21/h2-11,20-21H,12H2,1H3. The predicted octanol–water partition coefficient (Wildman–Crippen LogP) is 2.42. The summed E-state index contributed by atoms with van der Waals surface area (Å²) < 4.78 is 0. The molecule has 0 spiro atoms. The highest BCUT2D eigenvalue weighted by molar-refractivity contribution is 6.59. The van der Waals surface area contributed by atoms with Crippen molar-refractivity contribution in [3.05, 3.63) is 77.4 Å². The van der Waals surface area contributed by atoms with E-state index < -0.39 is 7.12 Å². The van der Waals surface area contributed by atoms with E-state index in [1.165, 1.54) is 21.9 Å². The van der Waals surface area contributed by atoms with E-state index in [0.717, 1.165) is 5.56 Å². The van der Waals surface area contributed by atoms with Crippen LogP contribution in [0, 0.1) is 6.92 Å². The Morgan fingerprint density at radius 3 is 2.43 bits per heavy atom. The number of hydrogen-bond donors (Lipinski definition) is 2. The lowest BCUT2D eigenvalue weighted by molar-refractivity contribution is 0.425. The van der Waals surface area contributed by atoms with Crippen LogP contribution in [0.2, 0.25) is 0 Å². The van der Waals surface area contributed by atoms with Crippen LogP contribution in [0.25, 0.3) is 10.8 Å². The lowest BCUT2D eigenvalue weighted by Crippen LogP contribution is -2.32. The molecule has 0 fully saturated rings. The second-order valence-corrected chi connectivity index (χ2v) is 5.39. The van der Waals surface area contributed by atoms with Crippen LogP contribution >= 0.6 is 0 Å². The molecule has 104 valence electrons. The van der Waals surface area contributed by atoms with E-state index in [1.807, 2.05) is 18.2 Å². The maximum Gasteiger partial charge on any atom is 0.488 e. The number of benzene rings is 3. The molecular formula is C18H17BO2. The van der Waals surface area contributed by atoms with Gasteiger partial charge in [-0.1, -0.05) is 66.2 Å². The number of aryl methyl sites for hydroxylation is 1. The summed E-state index contributed by atoms with van der Waals surface area (Å²) in [6.07, 6.45) is 0.689. The molecule has 0 heterocycles. The molecule has 0 unspecified atom stereocenters. The molecule has 0 bridgehead atoms. The predicted molar refractivity (Wildman–Crippen MR) is 87.8 cm³/mol. The van der Waals surface area contributed by atoms with E-state index in [9.17, 15) is 10.0 Å². The zero-order chi connectivity index (χ0) is 14.8. The van der Waals surface area contributed by atoms with Crippen LogP contribution in [0.4, 0.5) is 0 Å². The molecule has 3 aromatic carbocycles. The molecule has 3 aromatic rings. The molecule has 0 aliphatic carbocycles. The first-order valence-corrected chi connectivity index (χ1v) is 7.07. The van der Waals surface area contributed by atoms with Gasteiger partial charge in [0.15, 0.2) is 0 Å². The Balaban J connectivity index is 2.07. The van der Waals surface area contributed by atoms with E-state index in [4.69, 9.17) is 0 Å². The van der Waals surface area contributed by atoms with Crippen molar-refractivity contribution in [3.63, 3.8) is 0 Å². The van der Waals surface area contributed by atoms with Gasteiger partial charge in [0.1, 0.15) is 0 Å². The SMILES string of the molecule is Cc1ccc2c(Cc3ccccc3B(O)O)cccc2c1. The molecule has 3 rings (SSSR count). The molecule has 0 aliphatic heterocycles. The first-order valence-electron chi connectivity index (χ1n) is 7.07. The maximum atomic E-state index is 9.49. The normalized spacial score (nSPS) is 10.8. The Hall–Kier alpha value is -2.10. The molecule has 0 aromatic heterocycles. The first kappa shape index (κ1) is 13.9. The third-order valence-electron chi connectivity index (χ3n) is 3.84. The summed E-state index contributed by atoms with van der Waals surface area (Å²) in [5.41, 5.74) is 3.95. The van der Waals surface area contributed by atoms with Crippen molar-refractivity contribution in [2.24, 2.45) is 0 Å². The van der Waals surface area contributed by atoms with E-state index in [-0.39, 0.29) is 0 Å². The highest BCUT2D eigenvalue weighted by Crippen LogP contribution is 2.22. The van der Waals surface area contributed by atoms with Crippen LogP contribution in [-0.4, -0.2) is 17.2 Å². The maximum absolute atomic E-state index is 9.49. The van der Waals surface area contributed by atoms with E-state index >= 15 is 0 Å². The van der Waals surface area contributed by atoms with Gasteiger partial charge in [0.2, 0.25) is 0 Å². The molecule has 2 nitrogen and oxygen atoms in total. The van der Waals surface area contributed by atoms with Gasteiger partial charge in [-0.05, 0) is 40.7 Å². The van der Waals surface area contributed by atoms with Crippen molar-refractivity contribution in [3.8, 4) is 0 Å². The van der Waals surface area contributed by atoms with Crippen LogP contribution in [0.15, 0.2) is 60.7 Å². The molecule has 0 amide bonds. The number of rotatable bonds is 3. The molecule has 2 N–H and O–H groups in total. The molecule has 0 saturated heterocycles. The summed E-state index contributed by atoms with van der Waals surface area (Å²) in [4.78, 5) is 0. The minimum atomic E-state index is -1.43. The third-order valence-corrected chi connectivity index (χ3v) is 3.84. The average molecular weight is 276 g/mol. The lowest BCUT2D eigenvalue weighted by atomic mass is 9.75. The van der Waals surface area contributed by atoms with Gasteiger partial charge >= 0.3 is 7.12 Å². The van der Waals surface area contributed by atoms with Gasteiger partial charge < -0.3 is 10.0 Å². The van der Waals surface area contributed by atoms with Gasteiger partial charge in [0.05, 0.1) is 0 Å². The summed E-state index contributed by atoms with van der Waals surface area (Å²) in [7, 11) is -1.43. The number of hydrogen-bond acceptors (Lipinski definition) is 2. The summed E-state index contributed by atoms with van der Waals surface area (Å²) >= 11 is 0. The van der Waals surface area contributed by atoms with Gasteiger partial charge in [0, 0.05) is 0 Å². The van der Waals surface area contributed by atoms with E-state index in [2.05, 4.69) is 43.3 Å². The van der Waals surface area contributed by atoms with E-state index in [1.54, 1.807) is 6.07 Å². The topological polar surface area (TPSA) is 40.5 Å². The van der Waals surface area contributed by atoms with Crippen molar-refractivity contribution in [1.82, 2.24) is 0 Å². The Morgan fingerprint density at radius 2 is 1.62 bits per heavy atom. The Morgan fingerprint density at radius 1 is 0.857 bits per heavy atom. The summed E-state index contributed by atoms with van der Waals surface area (Å²) in [6, 6.07) is 20.1. The molecule has 0 atom stereocenters. The minimum absolute atomic E-state index is 0.571. The number of fused-ring (bicyclic) bond motifs is 1. The Bertz CT molecular complexity index is 781. The van der Waals surface area contributed by atoms with Crippen LogP contribution in [0.5, 0.6) is 0 Å². The van der Waals surface area contributed by atoms with Crippen LogP contribution in [0.3, 0.4) is 0 Å². The van der Waals surface area contributed by atoms with Crippen LogP contribution < -0.4 is 5.46 Å². The van der Waals surface area contributed by atoms with E-state index in [0.29, 0.717) is 11.9 Å². The van der Waals surface area contributed by atoms with Crippen molar-refractivity contribution in [2.75, 3.05) is 0 Å². The molecule has 3 heteroatoms. The van der Waals surface area contributed by atoms with Gasteiger partial charge in [-0.25, -0.2) is 0 Å². The van der Waals surface area contributed by atoms with Crippen LogP contribution in [-0.2, 0) is 6.42 Å². The third kappa shape index (κ3) is 2.84. The molecule has 0 aliphatic rings. The zero-order valence-corrected chi connectivity index (χ0v) is 12.0. The Kier molecular flexibility index (Phi) is 3.78. The lowest BCUT2D eigenvalue weighted by Gasteiger charge is -2.11. The first-order chi connectivity index (χ1) is 10.1. The second-order valence-electron chi connectivity index (χ2n) is 5.39. The highest BCUT2D eigenvalue weighted by Gasteiger charge is 2.15. The average Bonchev–Trinajstić information content (AvgIpc) is 2.47. The summed E-state index contributed by atoms with van der Waals surface area (Å²) in [6.45, 7) is 2.09. The van der Waals surface area contributed by atoms with Crippen molar-refractivity contribution < 1.29 is 10.0 Å². The zero-order valence-electron chi connectivity index (χ0n) is 12.0. The van der Waals surface area contributed by atoms with Gasteiger partial charge in [-0.15, -0.1) is 0 Å². The van der Waals surface area contributed by atoms with Crippen molar-refractivity contribution in [2.45, 2.75) is 13.3 Å². The molecule has 0 radical (unpaired) electrons. The monoisotopic (exact) mass is 276 g/mol. The van der Waals surface area contributed by atoms with Crippen LogP contribution in [0.1, 0.15) is 16.7 Å². The van der Waals surface area contributed by atoms with Gasteiger partial charge in [0.25, 0.3) is 0 Å². The van der Waals surface area contributed by atoms with Gasteiger partial charge in [-0.3, -0.25) is 0 Å². The fourth-order valence-electron chi connectivity index (χ4n) is 2.78. The second kappa shape index (κ2) is 5.72. The van der Waals surface area contributed by atoms with Gasteiger partial charge in [-0.2, -0.15) is 0 Å². The fourth-order valence-corrected chi connectivity index (χ4v) is 2.78. The highest BCUT2D eigenvalue weighted by atomic mass is 16.4. The Labute approximate surface area is 124 Å². The fraction of sp³-hybridized carbons (Fsp3) is 0.111. The van der Waals surface area contributed by atoms with Crippen molar-refractivity contribution >= 4 is 23.4 Å². The minimum Gasteiger partial charge on any atom is -0.423 e. The molecular weight excluding hydrogens is 259 g/mol. The molecule has 0 saturated carbocycles. The largest absolute Gasteiger partial charge is 0.488 e. The smallest absolute Gasteiger partial charge is 0.423 e. The summed E-state index contributed by atoms with van der Waals surface area (Å²) in [5.74, 6) is 0. The van der Waals surface area contributed by atoms with Crippen molar-refractivity contribution in [1.29, 1.82) is 0 Å². The summed E-state index contributed by atoms with van der Waals surface area (Å²) in [5, 5.41) is 21.4. The molecule has 21 heavy (non-hydrogen) atoms. The quantitative estimate of drug-likeness (QED) is 0.721.